The summed E-state index contributed by atoms with van der Waals surface area (Å²) >= 11 is 3.08. The third-order valence-corrected chi connectivity index (χ3v) is 5.29. The van der Waals surface area contributed by atoms with Crippen LogP contribution < -0.4 is 5.32 Å². The number of anilines is 2. The van der Waals surface area contributed by atoms with Crippen molar-refractivity contribution in [2.45, 2.75) is 29.7 Å². The minimum atomic E-state index is -0.294. The predicted octanol–water partition coefficient (Wildman–Crippen LogP) is 4.08. The van der Waals surface area contributed by atoms with E-state index >= 15 is 0 Å². The Morgan fingerprint density at radius 2 is 2.24 bits per heavy atom. The minimum absolute atomic E-state index is 0.294. The minimum Gasteiger partial charge on any atom is -0.377 e. The first-order valence-corrected chi connectivity index (χ1v) is 8.71. The number of nitrogens with zero attached hydrogens (tertiary/aromatic N) is 2. The van der Waals surface area contributed by atoms with Crippen LogP contribution in [0, 0.1) is 5.82 Å². The number of halogens is 1. The van der Waals surface area contributed by atoms with E-state index < -0.39 is 0 Å². The van der Waals surface area contributed by atoms with E-state index in [1.807, 2.05) is 0 Å². The highest BCUT2D eigenvalue weighted by Gasteiger charge is 2.15. The molecule has 1 aliphatic heterocycles. The molecule has 0 radical (unpaired) electrons. The van der Waals surface area contributed by atoms with E-state index in [1.165, 1.54) is 23.8 Å². The van der Waals surface area contributed by atoms with E-state index in [-0.39, 0.29) is 5.82 Å². The van der Waals surface area contributed by atoms with Gasteiger partial charge < -0.3 is 10.1 Å². The number of nitrogens with one attached hydrogen (secondary N) is 1. The monoisotopic (exact) mass is 325 g/mol. The third-order valence-electron chi connectivity index (χ3n) is 3.19. The summed E-state index contributed by atoms with van der Waals surface area (Å²) in [5, 5.41) is 11.7. The van der Waals surface area contributed by atoms with Crippen molar-refractivity contribution in [1.29, 1.82) is 0 Å². The maximum absolute atomic E-state index is 13.5. The summed E-state index contributed by atoms with van der Waals surface area (Å²) in [5.74, 6) is 0.603. The zero-order valence-electron chi connectivity index (χ0n) is 11.4. The number of benzene rings is 1. The lowest BCUT2D eigenvalue weighted by Crippen LogP contribution is -2.21. The molecule has 0 bridgehead atoms. The summed E-state index contributed by atoms with van der Waals surface area (Å²) in [5.41, 5.74) is 0.417. The summed E-state index contributed by atoms with van der Waals surface area (Å²) in [6.07, 6.45) is 3.83. The van der Waals surface area contributed by atoms with Crippen molar-refractivity contribution in [3.63, 3.8) is 0 Å². The van der Waals surface area contributed by atoms with Crippen molar-refractivity contribution in [2.75, 3.05) is 17.7 Å². The van der Waals surface area contributed by atoms with Gasteiger partial charge in [0.25, 0.3) is 0 Å². The highest BCUT2D eigenvalue weighted by Crippen LogP contribution is 2.30. The Hall–Kier alpha value is -1.18. The average Bonchev–Trinajstić information content (AvgIpc) is 2.96. The van der Waals surface area contributed by atoms with Gasteiger partial charge in [0.2, 0.25) is 5.13 Å². The van der Waals surface area contributed by atoms with Crippen LogP contribution in [0.3, 0.4) is 0 Å². The van der Waals surface area contributed by atoms with Gasteiger partial charge in [0, 0.05) is 12.4 Å². The largest absolute Gasteiger partial charge is 0.377 e. The molecule has 0 aliphatic carbocycles. The SMILES string of the molecule is Fc1ccccc1Nc1nnc(SC[C@H]2CCCCO2)s1. The molecule has 1 fully saturated rings. The molecule has 2 aromatic rings. The van der Waals surface area contributed by atoms with Gasteiger partial charge in [-0.3, -0.25) is 0 Å². The summed E-state index contributed by atoms with van der Waals surface area (Å²) in [6, 6.07) is 6.54. The van der Waals surface area contributed by atoms with Crippen molar-refractivity contribution < 1.29 is 9.13 Å². The number of ether oxygens (including phenoxy) is 1. The highest BCUT2D eigenvalue weighted by molar-refractivity contribution is 8.01. The van der Waals surface area contributed by atoms with Crippen LogP contribution in [-0.2, 0) is 4.74 Å². The molecule has 4 nitrogen and oxygen atoms in total. The van der Waals surface area contributed by atoms with Crippen molar-refractivity contribution in [3.8, 4) is 0 Å². The molecule has 3 rings (SSSR count). The number of hydrogen-bond donors (Lipinski definition) is 1. The Morgan fingerprint density at radius 3 is 3.05 bits per heavy atom. The van der Waals surface area contributed by atoms with Gasteiger partial charge in [-0.15, -0.1) is 10.2 Å². The molecule has 1 aromatic heterocycles. The molecule has 0 unspecified atom stereocenters. The molecule has 0 saturated carbocycles. The zero-order valence-corrected chi connectivity index (χ0v) is 13.1. The van der Waals surface area contributed by atoms with Crippen LogP contribution in [-0.4, -0.2) is 28.7 Å². The van der Waals surface area contributed by atoms with Crippen molar-refractivity contribution >= 4 is 33.9 Å². The van der Waals surface area contributed by atoms with Crippen LogP contribution in [0.15, 0.2) is 28.6 Å². The molecule has 1 saturated heterocycles. The van der Waals surface area contributed by atoms with E-state index in [0.29, 0.717) is 16.9 Å². The second-order valence-electron chi connectivity index (χ2n) is 4.78. The van der Waals surface area contributed by atoms with Crippen molar-refractivity contribution in [2.24, 2.45) is 0 Å². The Bertz CT molecular complexity index is 587. The molecular formula is C14H16FN3OS2. The fraction of sp³-hybridized carbons (Fsp3) is 0.429. The molecule has 1 aromatic carbocycles. The number of para-hydroxylation sites is 1. The Balaban J connectivity index is 1.55. The van der Waals surface area contributed by atoms with Crippen LogP contribution in [0.25, 0.3) is 0 Å². The fourth-order valence-electron chi connectivity index (χ4n) is 2.10. The topological polar surface area (TPSA) is 47.0 Å². The predicted molar refractivity (Wildman–Crippen MR) is 83.9 cm³/mol. The second-order valence-corrected chi connectivity index (χ2v) is 7.02. The third kappa shape index (κ3) is 4.15. The van der Waals surface area contributed by atoms with E-state index in [2.05, 4.69) is 15.5 Å². The highest BCUT2D eigenvalue weighted by atomic mass is 32.2. The fourth-order valence-corrected chi connectivity index (χ4v) is 3.96. The normalized spacial score (nSPS) is 18.6. The van der Waals surface area contributed by atoms with Crippen LogP contribution in [0.1, 0.15) is 19.3 Å². The van der Waals surface area contributed by atoms with Crippen LogP contribution in [0.5, 0.6) is 0 Å². The van der Waals surface area contributed by atoms with Gasteiger partial charge in [0.05, 0.1) is 11.8 Å². The van der Waals surface area contributed by atoms with Crippen molar-refractivity contribution in [1.82, 2.24) is 10.2 Å². The molecule has 2 heterocycles. The van der Waals surface area contributed by atoms with Crippen LogP contribution in [0.4, 0.5) is 15.2 Å². The van der Waals surface area contributed by atoms with Gasteiger partial charge in [-0.25, -0.2) is 4.39 Å². The number of hydrogen-bond acceptors (Lipinski definition) is 6. The van der Waals surface area contributed by atoms with Gasteiger partial charge in [0.15, 0.2) is 4.34 Å². The van der Waals surface area contributed by atoms with E-state index in [9.17, 15) is 4.39 Å². The molecule has 0 spiro atoms. The van der Waals surface area contributed by atoms with Crippen molar-refractivity contribution in [3.05, 3.63) is 30.1 Å². The van der Waals surface area contributed by atoms with Gasteiger partial charge in [-0.1, -0.05) is 35.2 Å². The summed E-state index contributed by atoms with van der Waals surface area (Å²) in [7, 11) is 0. The summed E-state index contributed by atoms with van der Waals surface area (Å²) in [6.45, 7) is 0.863. The lowest BCUT2D eigenvalue weighted by molar-refractivity contribution is 0.0315. The Kier molecular flexibility index (Phi) is 5.05. The zero-order chi connectivity index (χ0) is 14.5. The lowest BCUT2D eigenvalue weighted by atomic mass is 10.1. The van der Waals surface area contributed by atoms with Crippen LogP contribution >= 0.6 is 23.1 Å². The summed E-state index contributed by atoms with van der Waals surface area (Å²) < 4.78 is 20.1. The Labute approximate surface area is 131 Å². The Morgan fingerprint density at radius 1 is 1.33 bits per heavy atom. The second kappa shape index (κ2) is 7.20. The summed E-state index contributed by atoms with van der Waals surface area (Å²) in [4.78, 5) is 0. The molecule has 1 atom stereocenters. The van der Waals surface area contributed by atoms with Gasteiger partial charge >= 0.3 is 0 Å². The lowest BCUT2D eigenvalue weighted by Gasteiger charge is -2.21. The first-order valence-electron chi connectivity index (χ1n) is 6.91. The van der Waals surface area contributed by atoms with Gasteiger partial charge in [0.1, 0.15) is 5.82 Å². The van der Waals surface area contributed by atoms with E-state index in [1.54, 1.807) is 30.0 Å². The van der Waals surface area contributed by atoms with Gasteiger partial charge in [-0.05, 0) is 31.4 Å². The molecule has 7 heteroatoms. The molecular weight excluding hydrogens is 309 g/mol. The maximum Gasteiger partial charge on any atom is 0.210 e. The first kappa shape index (κ1) is 14.7. The molecule has 112 valence electrons. The standard InChI is InChI=1S/C14H16FN3OS2/c15-11-6-1-2-7-12(11)16-13-17-18-14(21-13)20-9-10-5-3-4-8-19-10/h1-2,6-7,10H,3-5,8-9H2,(H,16,17)/t10-/m1/s1. The number of aromatic nitrogens is 2. The first-order chi connectivity index (χ1) is 10.3. The molecule has 1 aliphatic rings. The van der Waals surface area contributed by atoms with E-state index in [4.69, 9.17) is 4.74 Å². The number of thioether (sulfide) groups is 1. The molecule has 1 N–H and O–H groups in total. The molecule has 0 amide bonds. The average molecular weight is 325 g/mol. The smallest absolute Gasteiger partial charge is 0.210 e. The van der Waals surface area contributed by atoms with E-state index in [0.717, 1.165) is 29.5 Å². The number of rotatable bonds is 5. The quantitative estimate of drug-likeness (QED) is 0.839. The maximum atomic E-state index is 13.5. The molecule has 21 heavy (non-hydrogen) atoms. The van der Waals surface area contributed by atoms with Gasteiger partial charge in [-0.2, -0.15) is 0 Å². The van der Waals surface area contributed by atoms with Crippen LogP contribution in [0.2, 0.25) is 0 Å².